The Hall–Kier alpha value is -3.86. The van der Waals surface area contributed by atoms with Crippen molar-refractivity contribution in [1.29, 1.82) is 0 Å². The summed E-state index contributed by atoms with van der Waals surface area (Å²) >= 11 is 0. The third kappa shape index (κ3) is 6.16. The van der Waals surface area contributed by atoms with Crippen molar-refractivity contribution in [2.45, 2.75) is 39.5 Å². The Balaban J connectivity index is 1.50. The minimum absolute atomic E-state index is 0.0766. The maximum atomic E-state index is 15.1. The summed E-state index contributed by atoms with van der Waals surface area (Å²) < 4.78 is 63.6. The summed E-state index contributed by atoms with van der Waals surface area (Å²) in [4.78, 5) is 0. The third-order valence-electron chi connectivity index (χ3n) is 6.47. The number of unbranched alkanes of at least 4 members (excludes halogenated alkanes) is 2. The summed E-state index contributed by atoms with van der Waals surface area (Å²) in [6.45, 7) is 4.08. The number of halogens is 4. The smallest absolute Gasteiger partial charge is 0.201 e. The van der Waals surface area contributed by atoms with Crippen molar-refractivity contribution in [3.63, 3.8) is 0 Å². The molecule has 0 N–H and O–H groups in total. The Bertz CT molecular complexity index is 1410. The van der Waals surface area contributed by atoms with Crippen LogP contribution < -0.4 is 4.74 Å². The lowest BCUT2D eigenvalue weighted by Crippen LogP contribution is -1.98. The highest BCUT2D eigenvalue weighted by Crippen LogP contribution is 2.32. The van der Waals surface area contributed by atoms with Crippen LogP contribution >= 0.6 is 0 Å². The molecule has 0 aliphatic rings. The fraction of sp³-hybridized carbons (Fsp3) is 0.212. The fourth-order valence-electron chi connectivity index (χ4n) is 4.33. The van der Waals surface area contributed by atoms with Crippen LogP contribution in [0.15, 0.2) is 72.8 Å². The van der Waals surface area contributed by atoms with Crippen LogP contribution in [-0.4, -0.2) is 6.61 Å². The SMILES string of the molecule is CCCCCc1ccc(-c2ccc(-c3ccc(C=Cc4ccc(OCC)c(F)c4F)cc3)c(F)c2F)cc1. The van der Waals surface area contributed by atoms with Crippen molar-refractivity contribution in [2.75, 3.05) is 6.61 Å². The van der Waals surface area contributed by atoms with Crippen molar-refractivity contribution in [1.82, 2.24) is 0 Å². The van der Waals surface area contributed by atoms with E-state index in [1.807, 2.05) is 24.3 Å². The monoisotopic (exact) mass is 518 g/mol. The van der Waals surface area contributed by atoms with E-state index in [1.54, 1.807) is 49.4 Å². The minimum Gasteiger partial charge on any atom is -0.491 e. The van der Waals surface area contributed by atoms with Crippen LogP contribution in [0, 0.1) is 23.3 Å². The molecule has 0 saturated carbocycles. The molecule has 0 aliphatic carbocycles. The molecule has 4 aromatic rings. The molecule has 0 fully saturated rings. The first-order valence-corrected chi connectivity index (χ1v) is 12.9. The number of hydrogen-bond acceptors (Lipinski definition) is 1. The summed E-state index contributed by atoms with van der Waals surface area (Å²) in [5, 5.41) is 0. The van der Waals surface area contributed by atoms with Crippen molar-refractivity contribution >= 4 is 12.2 Å². The maximum Gasteiger partial charge on any atom is 0.201 e. The van der Waals surface area contributed by atoms with Gasteiger partial charge in [0.2, 0.25) is 5.82 Å². The first-order chi connectivity index (χ1) is 18.4. The van der Waals surface area contributed by atoms with Crippen LogP contribution in [-0.2, 0) is 6.42 Å². The molecule has 196 valence electrons. The highest BCUT2D eigenvalue weighted by molar-refractivity contribution is 5.75. The Morgan fingerprint density at radius 1 is 0.605 bits per heavy atom. The second kappa shape index (κ2) is 12.6. The van der Waals surface area contributed by atoms with E-state index >= 15 is 8.78 Å². The maximum absolute atomic E-state index is 15.1. The molecule has 0 spiro atoms. The summed E-state index contributed by atoms with van der Waals surface area (Å²) in [7, 11) is 0. The molecule has 38 heavy (non-hydrogen) atoms. The van der Waals surface area contributed by atoms with Gasteiger partial charge in [-0.1, -0.05) is 92.6 Å². The molecule has 0 aliphatic heterocycles. The highest BCUT2D eigenvalue weighted by Gasteiger charge is 2.16. The van der Waals surface area contributed by atoms with Gasteiger partial charge in [0, 0.05) is 16.7 Å². The molecule has 0 heterocycles. The van der Waals surface area contributed by atoms with Crippen LogP contribution in [0.25, 0.3) is 34.4 Å². The average Bonchev–Trinajstić information content (AvgIpc) is 2.93. The second-order valence-electron chi connectivity index (χ2n) is 9.11. The van der Waals surface area contributed by atoms with Gasteiger partial charge < -0.3 is 4.74 Å². The van der Waals surface area contributed by atoms with Crippen LogP contribution in [0.2, 0.25) is 0 Å². The van der Waals surface area contributed by atoms with E-state index in [1.165, 1.54) is 30.2 Å². The Labute approximate surface area is 221 Å². The Morgan fingerprint density at radius 3 is 1.79 bits per heavy atom. The van der Waals surface area contributed by atoms with E-state index in [0.717, 1.165) is 19.3 Å². The fourth-order valence-corrected chi connectivity index (χ4v) is 4.33. The molecule has 0 aromatic heterocycles. The van der Waals surface area contributed by atoms with Crippen LogP contribution in [0.3, 0.4) is 0 Å². The van der Waals surface area contributed by atoms with Crippen LogP contribution in [0.5, 0.6) is 5.75 Å². The normalized spacial score (nSPS) is 11.3. The first kappa shape index (κ1) is 27.2. The van der Waals surface area contributed by atoms with E-state index in [9.17, 15) is 8.78 Å². The summed E-state index contributed by atoms with van der Waals surface area (Å²) in [6, 6.07) is 20.3. The van der Waals surface area contributed by atoms with Gasteiger partial charge in [0.15, 0.2) is 23.2 Å². The Morgan fingerprint density at radius 2 is 1.21 bits per heavy atom. The van der Waals surface area contributed by atoms with Crippen LogP contribution in [0.1, 0.15) is 49.8 Å². The molecular weight excluding hydrogens is 488 g/mol. The minimum atomic E-state index is -1.03. The number of hydrogen-bond donors (Lipinski definition) is 0. The predicted molar refractivity (Wildman–Crippen MR) is 147 cm³/mol. The third-order valence-corrected chi connectivity index (χ3v) is 6.47. The van der Waals surface area contributed by atoms with Crippen molar-refractivity contribution in [2.24, 2.45) is 0 Å². The lowest BCUT2D eigenvalue weighted by Gasteiger charge is -2.10. The molecule has 0 unspecified atom stereocenters. The molecule has 5 heteroatoms. The summed E-state index contributed by atoms with van der Waals surface area (Å²) in [6.07, 6.45) is 7.47. The summed E-state index contributed by atoms with van der Waals surface area (Å²) in [5.74, 6) is -3.96. The number of benzene rings is 4. The molecular formula is C33H30F4O. The number of aryl methyl sites for hydroxylation is 1. The van der Waals surface area contributed by atoms with E-state index in [4.69, 9.17) is 4.74 Å². The van der Waals surface area contributed by atoms with E-state index in [-0.39, 0.29) is 29.0 Å². The first-order valence-electron chi connectivity index (χ1n) is 12.9. The second-order valence-corrected chi connectivity index (χ2v) is 9.11. The van der Waals surface area contributed by atoms with Crippen molar-refractivity contribution < 1.29 is 22.3 Å². The quantitative estimate of drug-likeness (QED) is 0.115. The van der Waals surface area contributed by atoms with E-state index in [0.29, 0.717) is 16.7 Å². The zero-order valence-electron chi connectivity index (χ0n) is 21.5. The molecule has 4 rings (SSSR count). The van der Waals surface area contributed by atoms with Crippen molar-refractivity contribution in [3.8, 4) is 28.0 Å². The van der Waals surface area contributed by atoms with Gasteiger partial charge in [0.25, 0.3) is 0 Å². The van der Waals surface area contributed by atoms with Crippen molar-refractivity contribution in [3.05, 3.63) is 113 Å². The average molecular weight is 519 g/mol. The zero-order chi connectivity index (χ0) is 27.1. The Kier molecular flexibility index (Phi) is 9.01. The lowest BCUT2D eigenvalue weighted by molar-refractivity contribution is 0.314. The van der Waals surface area contributed by atoms with Crippen LogP contribution in [0.4, 0.5) is 17.6 Å². The van der Waals surface area contributed by atoms with Gasteiger partial charge in [-0.3, -0.25) is 0 Å². The number of rotatable bonds is 10. The molecule has 0 bridgehead atoms. The van der Waals surface area contributed by atoms with Gasteiger partial charge in [0.05, 0.1) is 6.61 Å². The van der Waals surface area contributed by atoms with Gasteiger partial charge in [-0.05, 0) is 54.2 Å². The van der Waals surface area contributed by atoms with Gasteiger partial charge in [0.1, 0.15) is 0 Å². The standard InChI is InChI=1S/C33H30F4O/c1-3-5-6-7-22-8-13-24(14-9-22)27-19-20-28(32(36)31(27)35)25-15-10-23(11-16-25)12-17-26-18-21-29(38-4-2)33(37)30(26)34/h8-21H,3-7H2,1-2H3. The topological polar surface area (TPSA) is 9.23 Å². The molecule has 0 saturated heterocycles. The summed E-state index contributed by atoms with van der Waals surface area (Å²) in [5.41, 5.74) is 3.46. The zero-order valence-corrected chi connectivity index (χ0v) is 21.5. The van der Waals surface area contributed by atoms with E-state index in [2.05, 4.69) is 6.92 Å². The largest absolute Gasteiger partial charge is 0.491 e. The predicted octanol–water partition coefficient (Wildman–Crippen LogP) is 9.88. The lowest BCUT2D eigenvalue weighted by atomic mass is 9.97. The molecule has 1 nitrogen and oxygen atoms in total. The molecule has 0 amide bonds. The molecule has 0 atom stereocenters. The number of ether oxygens (including phenoxy) is 1. The molecule has 4 aromatic carbocycles. The van der Waals surface area contributed by atoms with E-state index < -0.39 is 23.3 Å². The highest BCUT2D eigenvalue weighted by atomic mass is 19.2. The van der Waals surface area contributed by atoms with Gasteiger partial charge in [-0.15, -0.1) is 0 Å². The van der Waals surface area contributed by atoms with Gasteiger partial charge >= 0.3 is 0 Å². The van der Waals surface area contributed by atoms with Gasteiger partial charge in [-0.25, -0.2) is 13.2 Å². The molecule has 0 radical (unpaired) electrons. The van der Waals surface area contributed by atoms with Gasteiger partial charge in [-0.2, -0.15) is 4.39 Å².